The predicted octanol–water partition coefficient (Wildman–Crippen LogP) is 4.21. The Morgan fingerprint density at radius 2 is 1.67 bits per heavy atom. The lowest BCUT2D eigenvalue weighted by Crippen LogP contribution is -2.30. The Morgan fingerprint density at radius 3 is 2.27 bits per heavy atom. The summed E-state index contributed by atoms with van der Waals surface area (Å²) in [5.74, 6) is 2.32. The Morgan fingerprint density at radius 1 is 1.00 bits per heavy atom. The average molecular weight is 571 g/mol. The Labute approximate surface area is 213 Å². The van der Waals surface area contributed by atoms with Crippen molar-refractivity contribution in [2.75, 3.05) is 46.9 Å². The summed E-state index contributed by atoms with van der Waals surface area (Å²) in [6, 6.07) is 12.0. The highest BCUT2D eigenvalue weighted by molar-refractivity contribution is 14.0. The average Bonchev–Trinajstić information content (AvgIpc) is 2.85. The first kappa shape index (κ1) is 27.0. The summed E-state index contributed by atoms with van der Waals surface area (Å²) in [7, 11) is 6.49. The van der Waals surface area contributed by atoms with E-state index < -0.39 is 0 Å². The van der Waals surface area contributed by atoms with Gasteiger partial charge < -0.3 is 34.3 Å². The van der Waals surface area contributed by atoms with E-state index in [9.17, 15) is 0 Å². The molecule has 8 nitrogen and oxygen atoms in total. The van der Waals surface area contributed by atoms with E-state index in [1.165, 1.54) is 0 Å². The van der Waals surface area contributed by atoms with Gasteiger partial charge in [-0.15, -0.1) is 24.0 Å². The summed E-state index contributed by atoms with van der Waals surface area (Å²) in [5, 5.41) is 6.61. The van der Waals surface area contributed by atoms with Crippen LogP contribution >= 0.6 is 24.0 Å². The number of nitrogens with one attached hydrogen (secondary N) is 2. The van der Waals surface area contributed by atoms with E-state index in [4.69, 9.17) is 23.7 Å². The molecule has 0 spiro atoms. The van der Waals surface area contributed by atoms with Gasteiger partial charge in [0.25, 0.3) is 0 Å². The number of ether oxygens (including phenoxy) is 5. The van der Waals surface area contributed by atoms with E-state index in [1.807, 2.05) is 12.1 Å². The molecular formula is C24H34IN3O5. The highest BCUT2D eigenvalue weighted by atomic mass is 127. The van der Waals surface area contributed by atoms with Crippen LogP contribution in [0.1, 0.15) is 24.0 Å². The number of anilines is 1. The number of halogens is 1. The monoisotopic (exact) mass is 571 g/mol. The molecule has 1 heterocycles. The summed E-state index contributed by atoms with van der Waals surface area (Å²) in [6.07, 6.45) is 2.21. The molecule has 0 unspecified atom stereocenters. The van der Waals surface area contributed by atoms with Crippen LogP contribution in [0.25, 0.3) is 0 Å². The lowest BCUT2D eigenvalue weighted by Gasteiger charge is -2.22. The maximum absolute atomic E-state index is 6.04. The first-order chi connectivity index (χ1) is 15.7. The largest absolute Gasteiger partial charge is 0.493 e. The molecule has 0 aliphatic carbocycles. The van der Waals surface area contributed by atoms with Crippen LogP contribution in [0.2, 0.25) is 0 Å². The molecule has 0 saturated carbocycles. The highest BCUT2D eigenvalue weighted by Gasteiger charge is 2.15. The smallest absolute Gasteiger partial charge is 0.203 e. The maximum Gasteiger partial charge on any atom is 0.203 e. The van der Waals surface area contributed by atoms with Gasteiger partial charge in [0, 0.05) is 44.6 Å². The zero-order valence-electron chi connectivity index (χ0n) is 19.7. The number of hydrogen-bond donors (Lipinski definition) is 2. The molecule has 0 bridgehead atoms. The molecular weight excluding hydrogens is 537 g/mol. The Kier molecular flexibility index (Phi) is 11.6. The van der Waals surface area contributed by atoms with E-state index in [1.54, 1.807) is 28.4 Å². The first-order valence-electron chi connectivity index (χ1n) is 10.7. The van der Waals surface area contributed by atoms with Crippen molar-refractivity contribution in [1.82, 2.24) is 5.32 Å². The van der Waals surface area contributed by atoms with Crippen LogP contribution in [-0.4, -0.2) is 53.7 Å². The molecule has 2 aromatic rings. The second kappa shape index (κ2) is 14.1. The van der Waals surface area contributed by atoms with Crippen LogP contribution in [0, 0.1) is 0 Å². The molecule has 182 valence electrons. The second-order valence-electron chi connectivity index (χ2n) is 7.41. The molecule has 1 aliphatic heterocycles. The molecule has 1 fully saturated rings. The van der Waals surface area contributed by atoms with E-state index in [-0.39, 0.29) is 30.1 Å². The summed E-state index contributed by atoms with van der Waals surface area (Å²) >= 11 is 0. The van der Waals surface area contributed by atoms with Crippen molar-refractivity contribution in [3.63, 3.8) is 0 Å². The molecule has 0 radical (unpaired) electrons. The predicted molar refractivity (Wildman–Crippen MR) is 140 cm³/mol. The molecule has 0 aromatic heterocycles. The van der Waals surface area contributed by atoms with Crippen molar-refractivity contribution >= 4 is 35.6 Å². The SMILES string of the molecule is CN=C(NCc1cccc(COC2CCOCC2)c1)Nc1cc(OC)c(OC)c(OC)c1.I. The van der Waals surface area contributed by atoms with Crippen molar-refractivity contribution in [2.24, 2.45) is 4.99 Å². The van der Waals surface area contributed by atoms with Gasteiger partial charge in [0.2, 0.25) is 5.75 Å². The summed E-state index contributed by atoms with van der Waals surface area (Å²) in [5.41, 5.74) is 3.07. The summed E-state index contributed by atoms with van der Waals surface area (Å²) < 4.78 is 27.7. The third-order valence-electron chi connectivity index (χ3n) is 5.26. The zero-order valence-corrected chi connectivity index (χ0v) is 22.0. The van der Waals surface area contributed by atoms with Crippen molar-refractivity contribution in [3.8, 4) is 17.2 Å². The van der Waals surface area contributed by atoms with Gasteiger partial charge in [0.05, 0.1) is 34.0 Å². The molecule has 1 saturated heterocycles. The Balaban J connectivity index is 0.00000385. The molecule has 0 amide bonds. The van der Waals surface area contributed by atoms with Gasteiger partial charge in [0.1, 0.15) is 0 Å². The van der Waals surface area contributed by atoms with Gasteiger partial charge in [0.15, 0.2) is 17.5 Å². The van der Waals surface area contributed by atoms with Gasteiger partial charge in [-0.25, -0.2) is 0 Å². The van der Waals surface area contributed by atoms with Gasteiger partial charge >= 0.3 is 0 Å². The Hall–Kier alpha value is -2.24. The van der Waals surface area contributed by atoms with Crippen molar-refractivity contribution in [3.05, 3.63) is 47.5 Å². The van der Waals surface area contributed by atoms with Gasteiger partial charge in [-0.1, -0.05) is 24.3 Å². The Bertz CT molecular complexity index is 878. The van der Waals surface area contributed by atoms with Gasteiger partial charge in [-0.05, 0) is 24.0 Å². The van der Waals surface area contributed by atoms with E-state index >= 15 is 0 Å². The maximum atomic E-state index is 6.04. The van der Waals surface area contributed by atoms with Gasteiger partial charge in [-0.2, -0.15) is 0 Å². The van der Waals surface area contributed by atoms with Gasteiger partial charge in [-0.3, -0.25) is 4.99 Å². The minimum atomic E-state index is 0. The van der Waals surface area contributed by atoms with Crippen LogP contribution in [0.3, 0.4) is 0 Å². The van der Waals surface area contributed by atoms with Crippen molar-refractivity contribution in [1.29, 1.82) is 0 Å². The number of aliphatic imine (C=N–C) groups is 1. The molecule has 2 aromatic carbocycles. The highest BCUT2D eigenvalue weighted by Crippen LogP contribution is 2.39. The van der Waals surface area contributed by atoms with Crippen molar-refractivity contribution in [2.45, 2.75) is 32.1 Å². The van der Waals surface area contributed by atoms with Crippen LogP contribution in [0.5, 0.6) is 17.2 Å². The van der Waals surface area contributed by atoms with E-state index in [2.05, 4.69) is 39.9 Å². The quantitative estimate of drug-likeness (QED) is 0.265. The molecule has 3 rings (SSSR count). The van der Waals surface area contributed by atoms with E-state index in [0.717, 1.165) is 42.9 Å². The first-order valence-corrected chi connectivity index (χ1v) is 10.7. The number of guanidine groups is 1. The molecule has 1 aliphatic rings. The second-order valence-corrected chi connectivity index (χ2v) is 7.41. The molecule has 33 heavy (non-hydrogen) atoms. The third kappa shape index (κ3) is 7.94. The van der Waals surface area contributed by atoms with Crippen LogP contribution in [0.15, 0.2) is 41.4 Å². The molecule has 9 heteroatoms. The normalized spacial score (nSPS) is 14.2. The summed E-state index contributed by atoms with van der Waals surface area (Å²) in [6.45, 7) is 2.80. The number of rotatable bonds is 9. The summed E-state index contributed by atoms with van der Waals surface area (Å²) in [4.78, 5) is 4.32. The minimum absolute atomic E-state index is 0. The van der Waals surface area contributed by atoms with Crippen molar-refractivity contribution < 1.29 is 23.7 Å². The minimum Gasteiger partial charge on any atom is -0.493 e. The number of hydrogen-bond acceptors (Lipinski definition) is 6. The fourth-order valence-corrected chi connectivity index (χ4v) is 3.54. The number of methoxy groups -OCH3 is 3. The fraction of sp³-hybridized carbons (Fsp3) is 0.458. The van der Waals surface area contributed by atoms with E-state index in [0.29, 0.717) is 36.4 Å². The zero-order chi connectivity index (χ0) is 22.8. The standard InChI is InChI=1S/C24H33N3O5.HI/c1-25-24(27-19-13-21(28-2)23(30-4)22(14-19)29-3)26-15-17-6-5-7-18(12-17)16-32-20-8-10-31-11-9-20;/h5-7,12-14,20H,8-11,15-16H2,1-4H3,(H2,25,26,27);1H. The molecule has 2 N–H and O–H groups in total. The third-order valence-corrected chi connectivity index (χ3v) is 5.26. The lowest BCUT2D eigenvalue weighted by atomic mass is 10.1. The molecule has 0 atom stereocenters. The topological polar surface area (TPSA) is 82.6 Å². The number of nitrogens with zero attached hydrogens (tertiary/aromatic N) is 1. The lowest BCUT2D eigenvalue weighted by molar-refractivity contribution is -0.0390. The van der Waals surface area contributed by atoms with Crippen LogP contribution < -0.4 is 24.8 Å². The van der Waals surface area contributed by atoms with Crippen LogP contribution in [0.4, 0.5) is 5.69 Å². The fourth-order valence-electron chi connectivity index (χ4n) is 3.54. The number of benzene rings is 2. The van der Waals surface area contributed by atoms with Crippen LogP contribution in [-0.2, 0) is 22.6 Å².